The minimum absolute atomic E-state index is 0.0745. The van der Waals surface area contributed by atoms with E-state index in [9.17, 15) is 26.4 Å². The minimum Gasteiger partial charge on any atom is -0.486 e. The standard InChI is InChI=1S/C23H20F3NO6S/c1-14(15-5-7-19-21(11-15)32-10-9-31-19)27-22(28)20-8-6-17(33-20)13-34(29,30)18-4-2-3-16(12-18)23(24,25)26/h2-8,11-12,14H,9-10,13H2,1H3,(H,27,28)/t14-/m1/s1. The molecule has 34 heavy (non-hydrogen) atoms. The molecule has 1 amide bonds. The predicted octanol–water partition coefficient (Wildman–Crippen LogP) is 4.53. The number of hydrogen-bond acceptors (Lipinski definition) is 6. The van der Waals surface area contributed by atoms with Crippen molar-refractivity contribution in [2.45, 2.75) is 29.8 Å². The van der Waals surface area contributed by atoms with Crippen LogP contribution in [0, 0.1) is 0 Å². The maximum absolute atomic E-state index is 12.9. The highest BCUT2D eigenvalue weighted by molar-refractivity contribution is 7.90. The number of sulfone groups is 1. The van der Waals surface area contributed by atoms with Crippen LogP contribution in [0.1, 0.15) is 40.4 Å². The molecule has 1 atom stereocenters. The summed E-state index contributed by atoms with van der Waals surface area (Å²) in [5.74, 6) is -0.284. The summed E-state index contributed by atoms with van der Waals surface area (Å²) in [4.78, 5) is 12.1. The third-order valence-electron chi connectivity index (χ3n) is 5.15. The Morgan fingerprint density at radius 3 is 2.50 bits per heavy atom. The van der Waals surface area contributed by atoms with E-state index in [2.05, 4.69) is 5.32 Å². The number of rotatable bonds is 6. The SMILES string of the molecule is C[C@@H](NC(=O)c1ccc(CS(=O)(=O)c2cccc(C(F)(F)F)c2)o1)c1ccc2c(c1)OCCO2. The van der Waals surface area contributed by atoms with Gasteiger partial charge in [0.15, 0.2) is 27.1 Å². The van der Waals surface area contributed by atoms with Gasteiger partial charge in [0.05, 0.1) is 16.5 Å². The first-order chi connectivity index (χ1) is 16.0. The van der Waals surface area contributed by atoms with E-state index < -0.39 is 44.2 Å². The summed E-state index contributed by atoms with van der Waals surface area (Å²) in [6, 6.07) is 10.9. The molecule has 0 fully saturated rings. The Morgan fingerprint density at radius 1 is 1.03 bits per heavy atom. The van der Waals surface area contributed by atoms with Gasteiger partial charge in [-0.2, -0.15) is 13.2 Å². The van der Waals surface area contributed by atoms with Gasteiger partial charge in [-0.05, 0) is 55.0 Å². The zero-order valence-corrected chi connectivity index (χ0v) is 18.7. The number of carbonyl (C=O) groups excluding carboxylic acids is 1. The van der Waals surface area contributed by atoms with Crippen LogP contribution < -0.4 is 14.8 Å². The van der Waals surface area contributed by atoms with Crippen molar-refractivity contribution < 1.29 is 40.3 Å². The van der Waals surface area contributed by atoms with E-state index in [0.29, 0.717) is 30.8 Å². The van der Waals surface area contributed by atoms with Gasteiger partial charge in [0.1, 0.15) is 24.7 Å². The molecule has 1 aromatic heterocycles. The highest BCUT2D eigenvalue weighted by Crippen LogP contribution is 2.33. The van der Waals surface area contributed by atoms with Gasteiger partial charge in [0.2, 0.25) is 0 Å². The van der Waals surface area contributed by atoms with Crippen LogP contribution in [0.2, 0.25) is 0 Å². The highest BCUT2D eigenvalue weighted by atomic mass is 32.2. The average molecular weight is 495 g/mol. The molecule has 7 nitrogen and oxygen atoms in total. The first-order valence-corrected chi connectivity index (χ1v) is 11.9. The summed E-state index contributed by atoms with van der Waals surface area (Å²) < 4.78 is 80.3. The lowest BCUT2D eigenvalue weighted by Crippen LogP contribution is -2.26. The fourth-order valence-corrected chi connectivity index (χ4v) is 4.68. The predicted molar refractivity (Wildman–Crippen MR) is 114 cm³/mol. The van der Waals surface area contributed by atoms with Gasteiger partial charge >= 0.3 is 6.18 Å². The first kappa shape index (κ1) is 23.7. The molecule has 1 N–H and O–H groups in total. The lowest BCUT2D eigenvalue weighted by molar-refractivity contribution is -0.137. The van der Waals surface area contributed by atoms with E-state index in [0.717, 1.165) is 23.8 Å². The number of furan rings is 1. The zero-order chi connectivity index (χ0) is 24.5. The number of benzene rings is 2. The number of halogens is 3. The molecule has 180 valence electrons. The molecule has 0 spiro atoms. The van der Waals surface area contributed by atoms with E-state index in [1.165, 1.54) is 12.1 Å². The smallest absolute Gasteiger partial charge is 0.416 e. The lowest BCUT2D eigenvalue weighted by Gasteiger charge is -2.21. The summed E-state index contributed by atoms with van der Waals surface area (Å²) >= 11 is 0. The maximum Gasteiger partial charge on any atom is 0.416 e. The van der Waals surface area contributed by atoms with Crippen molar-refractivity contribution in [1.29, 1.82) is 0 Å². The van der Waals surface area contributed by atoms with E-state index in [1.54, 1.807) is 25.1 Å². The molecule has 11 heteroatoms. The molecule has 4 rings (SSSR count). The maximum atomic E-state index is 12.9. The molecular formula is C23H20F3NO6S. The number of ether oxygens (including phenoxy) is 2. The minimum atomic E-state index is -4.67. The van der Waals surface area contributed by atoms with Crippen molar-refractivity contribution in [2.75, 3.05) is 13.2 Å². The second-order valence-corrected chi connectivity index (χ2v) is 9.64. The zero-order valence-electron chi connectivity index (χ0n) is 17.9. The Bertz CT molecular complexity index is 1320. The van der Waals surface area contributed by atoms with Gasteiger partial charge in [-0.15, -0.1) is 0 Å². The third kappa shape index (κ3) is 5.19. The topological polar surface area (TPSA) is 94.8 Å². The van der Waals surface area contributed by atoms with Crippen LogP contribution in [0.4, 0.5) is 13.2 Å². The van der Waals surface area contributed by atoms with Gasteiger partial charge in [-0.25, -0.2) is 8.42 Å². The monoisotopic (exact) mass is 495 g/mol. The first-order valence-electron chi connectivity index (χ1n) is 10.2. The molecule has 0 saturated carbocycles. The van der Waals surface area contributed by atoms with Crippen molar-refractivity contribution in [3.63, 3.8) is 0 Å². The molecule has 0 bridgehead atoms. The Labute approximate surface area is 193 Å². The van der Waals surface area contributed by atoms with Crippen LogP contribution in [0.3, 0.4) is 0 Å². The molecule has 1 aliphatic rings. The number of nitrogens with one attached hydrogen (secondary N) is 1. The van der Waals surface area contributed by atoms with Crippen LogP contribution in [-0.2, 0) is 21.8 Å². The second kappa shape index (κ2) is 9.05. The van der Waals surface area contributed by atoms with Crippen LogP contribution in [0.15, 0.2) is 63.9 Å². The number of alkyl halides is 3. The van der Waals surface area contributed by atoms with Crippen molar-refractivity contribution in [1.82, 2.24) is 5.32 Å². The molecule has 2 aromatic carbocycles. The molecule has 1 aliphatic heterocycles. The quantitative estimate of drug-likeness (QED) is 0.540. The van der Waals surface area contributed by atoms with Crippen LogP contribution >= 0.6 is 0 Å². The summed E-state index contributed by atoms with van der Waals surface area (Å²) in [5, 5.41) is 2.75. The van der Waals surface area contributed by atoms with E-state index in [4.69, 9.17) is 13.9 Å². The molecule has 0 radical (unpaired) electrons. The molecule has 0 saturated heterocycles. The number of fused-ring (bicyclic) bond motifs is 1. The van der Waals surface area contributed by atoms with Gasteiger partial charge in [-0.1, -0.05) is 12.1 Å². The normalized spacial score (nSPS) is 14.5. The van der Waals surface area contributed by atoms with Crippen molar-refractivity contribution >= 4 is 15.7 Å². The lowest BCUT2D eigenvalue weighted by atomic mass is 10.1. The molecule has 0 unspecified atom stereocenters. The number of carbonyl (C=O) groups is 1. The van der Waals surface area contributed by atoms with E-state index >= 15 is 0 Å². The van der Waals surface area contributed by atoms with E-state index in [-0.39, 0.29) is 11.5 Å². The molecule has 3 aromatic rings. The van der Waals surface area contributed by atoms with Crippen molar-refractivity contribution in [3.05, 3.63) is 77.2 Å². The van der Waals surface area contributed by atoms with Crippen LogP contribution in [-0.4, -0.2) is 27.5 Å². The summed E-state index contributed by atoms with van der Waals surface area (Å²) in [5.41, 5.74) is -0.308. The Kier molecular flexibility index (Phi) is 6.30. The molecular weight excluding hydrogens is 475 g/mol. The highest BCUT2D eigenvalue weighted by Gasteiger charge is 2.32. The molecule has 0 aliphatic carbocycles. The number of amides is 1. The number of hydrogen-bond donors (Lipinski definition) is 1. The Balaban J connectivity index is 1.44. The van der Waals surface area contributed by atoms with Gasteiger partial charge in [-0.3, -0.25) is 4.79 Å². The fraction of sp³-hybridized carbons (Fsp3) is 0.261. The van der Waals surface area contributed by atoms with Gasteiger partial charge < -0.3 is 19.2 Å². The fourth-order valence-electron chi connectivity index (χ4n) is 3.39. The third-order valence-corrected chi connectivity index (χ3v) is 6.79. The largest absolute Gasteiger partial charge is 0.486 e. The molecule has 2 heterocycles. The Morgan fingerprint density at radius 2 is 1.76 bits per heavy atom. The van der Waals surface area contributed by atoms with Gasteiger partial charge in [0, 0.05) is 0 Å². The van der Waals surface area contributed by atoms with E-state index in [1.807, 2.05) is 0 Å². The summed E-state index contributed by atoms with van der Waals surface area (Å²) in [6.07, 6.45) is -4.67. The average Bonchev–Trinajstić information content (AvgIpc) is 3.26. The Hall–Kier alpha value is -3.47. The van der Waals surface area contributed by atoms with Crippen LogP contribution in [0.5, 0.6) is 11.5 Å². The van der Waals surface area contributed by atoms with Crippen molar-refractivity contribution in [2.24, 2.45) is 0 Å². The summed E-state index contributed by atoms with van der Waals surface area (Å²) in [7, 11) is -4.13. The second-order valence-electron chi connectivity index (χ2n) is 7.65. The summed E-state index contributed by atoms with van der Waals surface area (Å²) in [6.45, 7) is 2.64. The van der Waals surface area contributed by atoms with Crippen LogP contribution in [0.25, 0.3) is 0 Å². The van der Waals surface area contributed by atoms with Gasteiger partial charge in [0.25, 0.3) is 5.91 Å². The van der Waals surface area contributed by atoms with Crippen molar-refractivity contribution in [3.8, 4) is 11.5 Å².